The molecular weight excluding hydrogens is 299 g/mol. The van der Waals surface area contributed by atoms with Gasteiger partial charge in [0.2, 0.25) is 0 Å². The van der Waals surface area contributed by atoms with Crippen LogP contribution in [0.2, 0.25) is 10.0 Å². The molecule has 0 radical (unpaired) electrons. The van der Waals surface area contributed by atoms with Crippen LogP contribution in [-0.2, 0) is 0 Å². The first-order chi connectivity index (χ1) is 9.45. The van der Waals surface area contributed by atoms with Crippen LogP contribution < -0.4 is 4.74 Å². The van der Waals surface area contributed by atoms with Crippen molar-refractivity contribution < 1.29 is 9.84 Å². The van der Waals surface area contributed by atoms with E-state index < -0.39 is 6.10 Å². The molecule has 0 heterocycles. The number of rotatable bonds is 7. The normalized spacial score (nSPS) is 12.5. The molecule has 20 heavy (non-hydrogen) atoms. The Balaban J connectivity index is 2.55. The number of aliphatic hydroxyl groups is 1. The summed E-state index contributed by atoms with van der Waals surface area (Å²) >= 11 is 11.9. The number of para-hydroxylation sites is 1. The fourth-order valence-corrected chi connectivity index (χ4v) is 2.18. The van der Waals surface area contributed by atoms with E-state index in [2.05, 4.69) is 6.07 Å². The van der Waals surface area contributed by atoms with Gasteiger partial charge in [-0.25, -0.2) is 0 Å². The lowest BCUT2D eigenvalue weighted by Gasteiger charge is -2.26. The minimum atomic E-state index is -0.724. The molecule has 6 heteroatoms. The number of benzene rings is 1. The van der Waals surface area contributed by atoms with Gasteiger partial charge in [-0.15, -0.1) is 0 Å². The molecule has 0 aliphatic carbocycles. The minimum Gasteiger partial charge on any atom is -0.488 e. The number of aliphatic hydroxyl groups excluding tert-OH is 1. The molecular formula is C14H18Cl2N2O2. The molecule has 0 aliphatic heterocycles. The van der Waals surface area contributed by atoms with E-state index in [1.807, 2.05) is 18.7 Å². The van der Waals surface area contributed by atoms with Crippen molar-refractivity contribution in [2.75, 3.05) is 19.7 Å². The average molecular weight is 317 g/mol. The van der Waals surface area contributed by atoms with Gasteiger partial charge in [-0.1, -0.05) is 29.3 Å². The van der Waals surface area contributed by atoms with Gasteiger partial charge < -0.3 is 9.84 Å². The summed E-state index contributed by atoms with van der Waals surface area (Å²) in [6.45, 7) is 4.62. The lowest BCUT2D eigenvalue weighted by atomic mass is 10.2. The van der Waals surface area contributed by atoms with E-state index in [-0.39, 0.29) is 19.2 Å². The first-order valence-electron chi connectivity index (χ1n) is 6.31. The molecule has 1 atom stereocenters. The highest BCUT2D eigenvalue weighted by atomic mass is 35.5. The third-order valence-corrected chi connectivity index (χ3v) is 3.38. The molecule has 0 aliphatic rings. The summed E-state index contributed by atoms with van der Waals surface area (Å²) in [7, 11) is 0. The Morgan fingerprint density at radius 3 is 2.45 bits per heavy atom. The zero-order valence-electron chi connectivity index (χ0n) is 11.5. The van der Waals surface area contributed by atoms with Crippen LogP contribution >= 0.6 is 23.2 Å². The van der Waals surface area contributed by atoms with Crippen LogP contribution in [0, 0.1) is 11.3 Å². The van der Waals surface area contributed by atoms with Gasteiger partial charge >= 0.3 is 0 Å². The van der Waals surface area contributed by atoms with Gasteiger partial charge in [-0.2, -0.15) is 5.26 Å². The van der Waals surface area contributed by atoms with Crippen molar-refractivity contribution in [1.82, 2.24) is 4.90 Å². The first-order valence-corrected chi connectivity index (χ1v) is 7.07. The van der Waals surface area contributed by atoms with Gasteiger partial charge in [0.1, 0.15) is 12.7 Å². The van der Waals surface area contributed by atoms with Gasteiger partial charge in [-0.3, -0.25) is 4.90 Å². The Labute approximate surface area is 129 Å². The van der Waals surface area contributed by atoms with Gasteiger partial charge in [0, 0.05) is 12.6 Å². The highest BCUT2D eigenvalue weighted by Crippen LogP contribution is 2.32. The number of ether oxygens (including phenoxy) is 1. The number of nitrogens with zero attached hydrogens (tertiary/aromatic N) is 2. The fourth-order valence-electron chi connectivity index (χ4n) is 1.67. The number of hydrogen-bond donors (Lipinski definition) is 1. The van der Waals surface area contributed by atoms with E-state index in [9.17, 15) is 5.11 Å². The minimum absolute atomic E-state index is 0.0676. The molecule has 0 bridgehead atoms. The van der Waals surface area contributed by atoms with Crippen molar-refractivity contribution in [3.63, 3.8) is 0 Å². The van der Waals surface area contributed by atoms with Crippen molar-refractivity contribution in [3.8, 4) is 11.8 Å². The summed E-state index contributed by atoms with van der Waals surface area (Å²) in [5.41, 5.74) is 0. The largest absolute Gasteiger partial charge is 0.488 e. The monoisotopic (exact) mass is 316 g/mol. The summed E-state index contributed by atoms with van der Waals surface area (Å²) in [5, 5.41) is 19.5. The predicted octanol–water partition coefficient (Wildman–Crippen LogP) is 2.97. The van der Waals surface area contributed by atoms with Crippen LogP contribution in [0.3, 0.4) is 0 Å². The van der Waals surface area contributed by atoms with Gasteiger partial charge in [0.25, 0.3) is 0 Å². The van der Waals surface area contributed by atoms with Crippen LogP contribution in [0.1, 0.15) is 13.8 Å². The second-order valence-corrected chi connectivity index (χ2v) is 5.51. The van der Waals surface area contributed by atoms with Crippen molar-refractivity contribution in [1.29, 1.82) is 5.26 Å². The summed E-state index contributed by atoms with van der Waals surface area (Å²) in [4.78, 5) is 1.86. The smallest absolute Gasteiger partial charge is 0.156 e. The molecule has 0 saturated carbocycles. The lowest BCUT2D eigenvalue weighted by Crippen LogP contribution is -2.40. The number of hydrogen-bond acceptors (Lipinski definition) is 4. The van der Waals surface area contributed by atoms with Crippen molar-refractivity contribution in [2.24, 2.45) is 0 Å². The molecule has 1 aromatic rings. The van der Waals surface area contributed by atoms with Gasteiger partial charge in [0.05, 0.1) is 22.7 Å². The number of nitriles is 1. The van der Waals surface area contributed by atoms with Crippen molar-refractivity contribution in [2.45, 2.75) is 26.0 Å². The molecule has 1 rings (SSSR count). The third-order valence-electron chi connectivity index (χ3n) is 2.79. The maximum atomic E-state index is 9.98. The Morgan fingerprint density at radius 1 is 1.35 bits per heavy atom. The molecule has 4 nitrogen and oxygen atoms in total. The summed E-state index contributed by atoms with van der Waals surface area (Å²) < 4.78 is 5.46. The number of halogens is 2. The zero-order chi connectivity index (χ0) is 15.1. The lowest BCUT2D eigenvalue weighted by molar-refractivity contribution is 0.0629. The van der Waals surface area contributed by atoms with E-state index >= 15 is 0 Å². The quantitative estimate of drug-likeness (QED) is 0.786. The Kier molecular flexibility index (Phi) is 7.11. The highest BCUT2D eigenvalue weighted by molar-refractivity contribution is 6.37. The van der Waals surface area contributed by atoms with E-state index in [4.69, 9.17) is 33.2 Å². The van der Waals surface area contributed by atoms with E-state index in [1.165, 1.54) is 0 Å². The molecule has 1 unspecified atom stereocenters. The summed E-state index contributed by atoms with van der Waals surface area (Å²) in [6.07, 6.45) is -0.724. The van der Waals surface area contributed by atoms with Gasteiger partial charge in [-0.05, 0) is 26.0 Å². The Hall–Kier alpha value is -0.990. The molecule has 0 amide bonds. The second-order valence-electron chi connectivity index (χ2n) is 4.70. The van der Waals surface area contributed by atoms with Crippen LogP contribution in [0.4, 0.5) is 0 Å². The second kappa shape index (κ2) is 8.33. The summed E-state index contributed by atoms with van der Waals surface area (Å²) in [6, 6.07) is 7.32. The van der Waals surface area contributed by atoms with Crippen LogP contribution in [0.15, 0.2) is 18.2 Å². The Bertz CT molecular complexity index is 454. The topological polar surface area (TPSA) is 56.5 Å². The molecule has 0 saturated heterocycles. The maximum absolute atomic E-state index is 9.98. The van der Waals surface area contributed by atoms with E-state index in [0.29, 0.717) is 22.3 Å². The molecule has 0 spiro atoms. The van der Waals surface area contributed by atoms with Crippen LogP contribution in [0.5, 0.6) is 5.75 Å². The Morgan fingerprint density at radius 2 is 1.95 bits per heavy atom. The van der Waals surface area contributed by atoms with Crippen LogP contribution in [0.25, 0.3) is 0 Å². The highest BCUT2D eigenvalue weighted by Gasteiger charge is 2.16. The van der Waals surface area contributed by atoms with Gasteiger partial charge in [0.15, 0.2) is 5.75 Å². The SMILES string of the molecule is CC(C)N(CC#N)CC(O)COc1c(Cl)cccc1Cl. The zero-order valence-corrected chi connectivity index (χ0v) is 13.0. The molecule has 0 aromatic heterocycles. The molecule has 0 fully saturated rings. The fraction of sp³-hybridized carbons (Fsp3) is 0.500. The first kappa shape index (κ1) is 17.1. The van der Waals surface area contributed by atoms with Crippen molar-refractivity contribution in [3.05, 3.63) is 28.2 Å². The van der Waals surface area contributed by atoms with E-state index in [0.717, 1.165) is 0 Å². The average Bonchev–Trinajstić information content (AvgIpc) is 2.37. The summed E-state index contributed by atoms with van der Waals surface area (Å²) in [5.74, 6) is 0.367. The van der Waals surface area contributed by atoms with Crippen LogP contribution in [-0.4, -0.2) is 41.8 Å². The maximum Gasteiger partial charge on any atom is 0.156 e. The molecule has 1 aromatic carbocycles. The standard InChI is InChI=1S/C14H18Cl2N2O2/c1-10(2)18(7-6-17)8-11(19)9-20-14-12(15)4-3-5-13(14)16/h3-5,10-11,19H,7-9H2,1-2H3. The van der Waals surface area contributed by atoms with E-state index in [1.54, 1.807) is 18.2 Å². The predicted molar refractivity (Wildman–Crippen MR) is 80.3 cm³/mol. The van der Waals surface area contributed by atoms with Crippen molar-refractivity contribution >= 4 is 23.2 Å². The molecule has 110 valence electrons. The molecule has 1 N–H and O–H groups in total. The third kappa shape index (κ3) is 5.18.